The molecule has 128 valence electrons. The highest BCUT2D eigenvalue weighted by Crippen LogP contribution is 2.36. The molecule has 7 heteroatoms. The van der Waals surface area contributed by atoms with Gasteiger partial charge >= 0.3 is 0 Å². The van der Waals surface area contributed by atoms with Gasteiger partial charge in [-0.25, -0.2) is 14.4 Å². The highest BCUT2D eigenvalue weighted by Gasteiger charge is 2.42. The molecule has 0 amide bonds. The lowest BCUT2D eigenvalue weighted by Gasteiger charge is -2.22. The first-order valence-corrected chi connectivity index (χ1v) is 8.50. The van der Waals surface area contributed by atoms with E-state index in [1.807, 2.05) is 13.1 Å². The fraction of sp³-hybridized carbons (Fsp3) is 0.389. The highest BCUT2D eigenvalue weighted by atomic mass is 19.1. The summed E-state index contributed by atoms with van der Waals surface area (Å²) in [5, 5.41) is 0. The van der Waals surface area contributed by atoms with Gasteiger partial charge in [0.1, 0.15) is 23.5 Å². The molecule has 2 aliphatic heterocycles. The molecule has 3 aromatic rings. The summed E-state index contributed by atoms with van der Waals surface area (Å²) in [6.45, 7) is 5.82. The third-order valence-electron chi connectivity index (χ3n) is 5.26. The minimum Gasteiger partial charge on any atom is -0.423 e. The van der Waals surface area contributed by atoms with Gasteiger partial charge < -0.3 is 14.2 Å². The minimum atomic E-state index is -0.302. The summed E-state index contributed by atoms with van der Waals surface area (Å²) in [6, 6.07) is 5.06. The lowest BCUT2D eigenvalue weighted by atomic mass is 10.0. The van der Waals surface area contributed by atoms with Gasteiger partial charge in [-0.15, -0.1) is 0 Å². The molecule has 2 atom stereocenters. The van der Waals surface area contributed by atoms with Crippen LogP contribution in [-0.4, -0.2) is 41.1 Å². The van der Waals surface area contributed by atoms with Gasteiger partial charge in [-0.3, -0.25) is 0 Å². The average molecular weight is 339 g/mol. The standard InChI is InChI=1S/C18H18FN5O/c1-11-5-20-10-21-17(11)23-6-12-8-24(9-13(12)7-23)18-22-15-3-2-14(19)4-16(15)25-18/h2-5,10,12-13H,6-9H2,1H3. The monoisotopic (exact) mass is 339 g/mol. The van der Waals surface area contributed by atoms with Crippen molar-refractivity contribution in [1.82, 2.24) is 15.0 Å². The second-order valence-corrected chi connectivity index (χ2v) is 6.97. The van der Waals surface area contributed by atoms with Gasteiger partial charge in [-0.2, -0.15) is 4.98 Å². The normalized spacial score (nSPS) is 22.8. The van der Waals surface area contributed by atoms with E-state index in [-0.39, 0.29) is 5.82 Å². The fourth-order valence-electron chi connectivity index (χ4n) is 4.07. The molecule has 5 rings (SSSR count). The number of oxazole rings is 1. The van der Waals surface area contributed by atoms with E-state index in [0.717, 1.165) is 37.6 Å². The Hall–Kier alpha value is -2.70. The van der Waals surface area contributed by atoms with E-state index >= 15 is 0 Å². The summed E-state index contributed by atoms with van der Waals surface area (Å²) in [4.78, 5) is 17.6. The molecule has 4 heterocycles. The molecule has 0 saturated carbocycles. The Bertz CT molecular complexity index is 928. The summed E-state index contributed by atoms with van der Waals surface area (Å²) in [5.41, 5.74) is 2.32. The second kappa shape index (κ2) is 5.40. The van der Waals surface area contributed by atoms with Crippen LogP contribution in [0.1, 0.15) is 5.56 Å². The van der Waals surface area contributed by atoms with Crippen molar-refractivity contribution in [3.05, 3.63) is 42.1 Å². The predicted octanol–water partition coefficient (Wildman–Crippen LogP) is 2.64. The number of fused-ring (bicyclic) bond motifs is 2. The lowest BCUT2D eigenvalue weighted by molar-refractivity contribution is 0.533. The summed E-state index contributed by atoms with van der Waals surface area (Å²) in [7, 11) is 0. The summed E-state index contributed by atoms with van der Waals surface area (Å²) in [6.07, 6.45) is 3.47. The van der Waals surface area contributed by atoms with Crippen molar-refractivity contribution in [2.45, 2.75) is 6.92 Å². The Morgan fingerprint density at radius 3 is 2.64 bits per heavy atom. The number of aryl methyl sites for hydroxylation is 1. The van der Waals surface area contributed by atoms with E-state index in [2.05, 4.69) is 24.8 Å². The molecule has 2 unspecified atom stereocenters. The van der Waals surface area contributed by atoms with Crippen LogP contribution in [0.25, 0.3) is 11.1 Å². The fourth-order valence-corrected chi connectivity index (χ4v) is 4.07. The minimum absolute atomic E-state index is 0.302. The number of nitrogens with zero attached hydrogens (tertiary/aromatic N) is 5. The molecule has 2 aromatic heterocycles. The van der Waals surface area contributed by atoms with Gasteiger partial charge in [-0.1, -0.05) is 0 Å². The molecular weight excluding hydrogens is 321 g/mol. The average Bonchev–Trinajstić information content (AvgIpc) is 3.26. The molecular formula is C18H18FN5O. The van der Waals surface area contributed by atoms with Crippen molar-refractivity contribution in [2.75, 3.05) is 36.0 Å². The predicted molar refractivity (Wildman–Crippen MR) is 92.1 cm³/mol. The number of halogens is 1. The van der Waals surface area contributed by atoms with Crippen LogP contribution < -0.4 is 9.80 Å². The maximum atomic E-state index is 13.3. The molecule has 0 aliphatic carbocycles. The van der Waals surface area contributed by atoms with Crippen LogP contribution in [0.15, 0.2) is 35.1 Å². The summed E-state index contributed by atoms with van der Waals surface area (Å²) in [5.74, 6) is 1.85. The Morgan fingerprint density at radius 1 is 1.12 bits per heavy atom. The van der Waals surface area contributed by atoms with Crippen LogP contribution in [0, 0.1) is 24.6 Å². The van der Waals surface area contributed by atoms with Crippen LogP contribution in [0.2, 0.25) is 0 Å². The first kappa shape index (κ1) is 14.6. The smallest absolute Gasteiger partial charge is 0.298 e. The largest absolute Gasteiger partial charge is 0.423 e. The number of anilines is 2. The van der Waals surface area contributed by atoms with Crippen LogP contribution in [-0.2, 0) is 0 Å². The quantitative estimate of drug-likeness (QED) is 0.715. The number of aromatic nitrogens is 3. The highest BCUT2D eigenvalue weighted by molar-refractivity contribution is 5.74. The first-order chi connectivity index (χ1) is 12.2. The van der Waals surface area contributed by atoms with Gasteiger partial charge in [0, 0.05) is 55.8 Å². The third-order valence-corrected chi connectivity index (χ3v) is 5.26. The first-order valence-electron chi connectivity index (χ1n) is 8.50. The van der Waals surface area contributed by atoms with Crippen molar-refractivity contribution in [2.24, 2.45) is 11.8 Å². The number of hydrogen-bond acceptors (Lipinski definition) is 6. The van der Waals surface area contributed by atoms with Gasteiger partial charge in [0.15, 0.2) is 5.58 Å². The van der Waals surface area contributed by atoms with Crippen molar-refractivity contribution in [3.8, 4) is 0 Å². The molecule has 6 nitrogen and oxygen atoms in total. The molecule has 0 N–H and O–H groups in total. The lowest BCUT2D eigenvalue weighted by Crippen LogP contribution is -2.29. The SMILES string of the molecule is Cc1cncnc1N1CC2CN(c3nc4ccc(F)cc4o3)CC2C1. The van der Waals surface area contributed by atoms with E-state index in [4.69, 9.17) is 4.42 Å². The Kier molecular flexibility index (Phi) is 3.16. The number of benzene rings is 1. The van der Waals surface area contributed by atoms with Gasteiger partial charge in [0.05, 0.1) is 0 Å². The molecule has 2 saturated heterocycles. The Labute approximate surface area is 144 Å². The van der Waals surface area contributed by atoms with Gasteiger partial charge in [0.2, 0.25) is 0 Å². The molecule has 2 aliphatic rings. The molecule has 25 heavy (non-hydrogen) atoms. The van der Waals surface area contributed by atoms with E-state index in [1.54, 1.807) is 12.4 Å². The Balaban J connectivity index is 1.34. The van der Waals surface area contributed by atoms with E-state index in [9.17, 15) is 4.39 Å². The van der Waals surface area contributed by atoms with Crippen molar-refractivity contribution in [3.63, 3.8) is 0 Å². The molecule has 1 aromatic carbocycles. The van der Waals surface area contributed by atoms with Crippen molar-refractivity contribution >= 4 is 22.9 Å². The van der Waals surface area contributed by atoms with Crippen LogP contribution >= 0.6 is 0 Å². The Morgan fingerprint density at radius 2 is 1.88 bits per heavy atom. The van der Waals surface area contributed by atoms with Crippen molar-refractivity contribution < 1.29 is 8.81 Å². The number of rotatable bonds is 2. The third kappa shape index (κ3) is 2.42. The van der Waals surface area contributed by atoms with Crippen LogP contribution in [0.3, 0.4) is 0 Å². The molecule has 0 spiro atoms. The van der Waals surface area contributed by atoms with E-state index in [0.29, 0.717) is 29.0 Å². The summed E-state index contributed by atoms with van der Waals surface area (Å²) < 4.78 is 19.1. The topological polar surface area (TPSA) is 58.3 Å². The van der Waals surface area contributed by atoms with Crippen molar-refractivity contribution in [1.29, 1.82) is 0 Å². The number of hydrogen-bond donors (Lipinski definition) is 0. The van der Waals surface area contributed by atoms with Crippen LogP contribution in [0.4, 0.5) is 16.2 Å². The zero-order valence-corrected chi connectivity index (χ0v) is 13.9. The second-order valence-electron chi connectivity index (χ2n) is 6.97. The van der Waals surface area contributed by atoms with Crippen LogP contribution in [0.5, 0.6) is 0 Å². The zero-order chi connectivity index (χ0) is 17.0. The van der Waals surface area contributed by atoms with Gasteiger partial charge in [0.25, 0.3) is 6.01 Å². The van der Waals surface area contributed by atoms with Gasteiger partial charge in [-0.05, 0) is 19.1 Å². The molecule has 2 fully saturated rings. The van der Waals surface area contributed by atoms with E-state index < -0.39 is 0 Å². The molecule has 0 radical (unpaired) electrons. The molecule has 0 bridgehead atoms. The van der Waals surface area contributed by atoms with E-state index in [1.165, 1.54) is 12.1 Å². The maximum Gasteiger partial charge on any atom is 0.298 e. The maximum absolute atomic E-state index is 13.3. The zero-order valence-electron chi connectivity index (χ0n) is 13.9. The summed E-state index contributed by atoms with van der Waals surface area (Å²) >= 11 is 0.